The normalized spacial score (nSPS) is 11.8. The molecule has 0 aliphatic heterocycles. The van der Waals surface area contributed by atoms with E-state index in [-0.39, 0.29) is 19.3 Å². The number of rotatable bonds is 36. The van der Waals surface area contributed by atoms with Gasteiger partial charge in [0.15, 0.2) is 0 Å². The molecule has 0 atom stereocenters. The maximum absolute atomic E-state index is 11.0. The Balaban J connectivity index is 4.24. The molecule has 0 spiro atoms. The van der Waals surface area contributed by atoms with Crippen molar-refractivity contribution in [3.05, 3.63) is 12.2 Å². The second kappa shape index (κ2) is 32.1. The molecule has 0 unspecified atom stereocenters. The van der Waals surface area contributed by atoms with Crippen molar-refractivity contribution in [2.45, 2.75) is 187 Å². The zero-order valence-electron chi connectivity index (χ0n) is 29.3. The minimum Gasteiger partial charge on any atom is -0.550 e. The molecule has 45 heavy (non-hydrogen) atoms. The molecule has 0 aromatic heterocycles. The van der Waals surface area contributed by atoms with Gasteiger partial charge in [-0.15, -0.1) is 0 Å². The first-order valence-corrected chi connectivity index (χ1v) is 18.9. The van der Waals surface area contributed by atoms with E-state index < -0.39 is 17.9 Å². The Hall–Kier alpha value is -1.89. The average molecular weight is 638 g/mol. The van der Waals surface area contributed by atoms with Gasteiger partial charge >= 0.3 is 11.9 Å². The van der Waals surface area contributed by atoms with Crippen molar-refractivity contribution in [2.24, 2.45) is 0 Å². The summed E-state index contributed by atoms with van der Waals surface area (Å²) in [6.07, 6.45) is 34.4. The van der Waals surface area contributed by atoms with Gasteiger partial charge in [-0.2, -0.15) is 0 Å². The number of carbonyl (C=O) groups is 3. The van der Waals surface area contributed by atoms with Crippen LogP contribution < -0.4 is 5.11 Å². The van der Waals surface area contributed by atoms with Gasteiger partial charge in [0.25, 0.3) is 0 Å². The summed E-state index contributed by atoms with van der Waals surface area (Å²) in [4.78, 5) is 33.0. The predicted molar refractivity (Wildman–Crippen MR) is 184 cm³/mol. The zero-order chi connectivity index (χ0) is 33.3. The van der Waals surface area contributed by atoms with Crippen LogP contribution in [-0.2, 0) is 14.4 Å². The lowest BCUT2D eigenvalue weighted by atomic mass is 10.0. The smallest absolute Gasteiger partial charge is 0.303 e. The lowest BCUT2D eigenvalue weighted by molar-refractivity contribution is -0.929. The molecule has 0 bridgehead atoms. The van der Waals surface area contributed by atoms with Gasteiger partial charge in [-0.1, -0.05) is 103 Å². The van der Waals surface area contributed by atoms with E-state index in [0.29, 0.717) is 19.3 Å². The van der Waals surface area contributed by atoms with E-state index in [1.807, 2.05) is 0 Å². The fourth-order valence-electron chi connectivity index (χ4n) is 6.41. The summed E-state index contributed by atoms with van der Waals surface area (Å²) in [5, 5.41) is 29.0. The van der Waals surface area contributed by atoms with Gasteiger partial charge in [0, 0.05) is 18.8 Å². The van der Waals surface area contributed by atoms with E-state index in [4.69, 9.17) is 10.2 Å². The molecule has 0 aliphatic rings. The van der Waals surface area contributed by atoms with Gasteiger partial charge in [0.1, 0.15) is 0 Å². The molecule has 0 aromatic carbocycles. The highest BCUT2D eigenvalue weighted by Gasteiger charge is 2.26. The number of hydrogen-bond acceptors (Lipinski definition) is 4. The van der Waals surface area contributed by atoms with E-state index in [1.54, 1.807) is 0 Å². The van der Waals surface area contributed by atoms with Crippen LogP contribution in [0.15, 0.2) is 12.2 Å². The van der Waals surface area contributed by atoms with Crippen LogP contribution in [0.5, 0.6) is 0 Å². The molecule has 0 aliphatic carbocycles. The maximum Gasteiger partial charge on any atom is 0.303 e. The van der Waals surface area contributed by atoms with Gasteiger partial charge in [-0.05, 0) is 83.5 Å². The number of aliphatic carboxylic acids is 3. The van der Waals surface area contributed by atoms with Gasteiger partial charge < -0.3 is 24.6 Å². The molecular weight excluding hydrogens is 566 g/mol. The topological polar surface area (TPSA) is 115 Å². The quantitative estimate of drug-likeness (QED) is 0.0402. The van der Waals surface area contributed by atoms with Crippen molar-refractivity contribution in [3.8, 4) is 0 Å². The number of carbonyl (C=O) groups excluding carboxylic acids is 1. The van der Waals surface area contributed by atoms with Crippen molar-refractivity contribution in [1.29, 1.82) is 0 Å². The van der Waals surface area contributed by atoms with E-state index in [9.17, 15) is 19.5 Å². The van der Waals surface area contributed by atoms with Crippen LogP contribution in [0.4, 0.5) is 0 Å². The Kier molecular flexibility index (Phi) is 30.7. The lowest BCUT2D eigenvalue weighted by Crippen LogP contribution is -2.51. The first kappa shape index (κ1) is 43.1. The SMILES string of the molecule is CCCCCCCCCCCCCCCC/C=C/CCCCC[N+](CCCCC(=O)[O-])(CCCCC(=O)O)CCCCC(=O)O. The molecule has 0 saturated carbocycles. The minimum atomic E-state index is -1.02. The first-order chi connectivity index (χ1) is 21.8. The molecule has 7 nitrogen and oxygen atoms in total. The van der Waals surface area contributed by atoms with E-state index in [1.165, 1.54) is 96.3 Å². The molecule has 2 N–H and O–H groups in total. The summed E-state index contributed by atoms with van der Waals surface area (Å²) in [7, 11) is 0. The molecule has 0 amide bonds. The van der Waals surface area contributed by atoms with Gasteiger partial charge in [-0.3, -0.25) is 9.59 Å². The number of hydrogen-bond donors (Lipinski definition) is 2. The molecule has 0 aromatic rings. The van der Waals surface area contributed by atoms with Crippen LogP contribution in [0.3, 0.4) is 0 Å². The van der Waals surface area contributed by atoms with Gasteiger partial charge in [-0.25, -0.2) is 0 Å². The number of carboxylic acid groups (broad SMARTS) is 3. The number of quaternary nitrogens is 1. The largest absolute Gasteiger partial charge is 0.550 e. The highest BCUT2D eigenvalue weighted by molar-refractivity contribution is 5.66. The molecule has 0 saturated heterocycles. The van der Waals surface area contributed by atoms with E-state index >= 15 is 0 Å². The third-order valence-corrected chi connectivity index (χ3v) is 9.20. The summed E-state index contributed by atoms with van der Waals surface area (Å²) in [6.45, 7) is 5.84. The lowest BCUT2D eigenvalue weighted by Gasteiger charge is -2.39. The molecular formula is C38H71NO6. The third-order valence-electron chi connectivity index (χ3n) is 9.20. The average Bonchev–Trinajstić information content (AvgIpc) is 3.00. The Morgan fingerprint density at radius 2 is 0.778 bits per heavy atom. The number of unbranched alkanes of at least 4 members (excludes halogenated alkanes) is 20. The van der Waals surface area contributed by atoms with Crippen LogP contribution in [0.1, 0.15) is 187 Å². The fourth-order valence-corrected chi connectivity index (χ4v) is 6.41. The molecule has 0 rings (SSSR count). The molecule has 0 radical (unpaired) electrons. The highest BCUT2D eigenvalue weighted by Crippen LogP contribution is 2.19. The van der Waals surface area contributed by atoms with E-state index in [0.717, 1.165) is 75.6 Å². The second-order valence-corrected chi connectivity index (χ2v) is 13.5. The molecule has 0 heterocycles. The van der Waals surface area contributed by atoms with Gasteiger partial charge in [0.05, 0.1) is 26.2 Å². The van der Waals surface area contributed by atoms with Crippen LogP contribution in [0, 0.1) is 0 Å². The standard InChI is InChI=1S/C38H71NO6/c1-2-3-4-5-6-7-8-9-10-11-12-13-14-15-16-17-18-19-20-21-25-32-39(33-26-22-29-36(40)41,34-27-23-30-37(42)43)35-28-24-31-38(44)45/h17-18H,2-16,19-35H2,1H3,(H2-,40,41,42,43,44,45)/b18-17+. The molecule has 0 fully saturated rings. The first-order valence-electron chi connectivity index (χ1n) is 18.9. The Morgan fingerprint density at radius 1 is 0.467 bits per heavy atom. The minimum absolute atomic E-state index is 0.0592. The summed E-state index contributed by atoms with van der Waals surface area (Å²) in [5.74, 6) is -2.57. The second-order valence-electron chi connectivity index (χ2n) is 13.5. The van der Waals surface area contributed by atoms with Crippen molar-refractivity contribution in [2.75, 3.05) is 26.2 Å². The summed E-state index contributed by atoms with van der Waals surface area (Å²) in [6, 6.07) is 0. The maximum atomic E-state index is 11.0. The summed E-state index contributed by atoms with van der Waals surface area (Å²) in [5.41, 5.74) is 0. The predicted octanol–water partition coefficient (Wildman–Crippen LogP) is 9.22. The summed E-state index contributed by atoms with van der Waals surface area (Å²) >= 11 is 0. The van der Waals surface area contributed by atoms with Crippen molar-refractivity contribution in [3.63, 3.8) is 0 Å². The van der Waals surface area contributed by atoms with Gasteiger partial charge in [0.2, 0.25) is 0 Å². The highest BCUT2D eigenvalue weighted by atomic mass is 16.4. The van der Waals surface area contributed by atoms with Crippen molar-refractivity contribution < 1.29 is 34.2 Å². The Labute approximate surface area is 276 Å². The number of carboxylic acids is 3. The van der Waals surface area contributed by atoms with Crippen molar-refractivity contribution in [1.82, 2.24) is 0 Å². The van der Waals surface area contributed by atoms with E-state index in [2.05, 4.69) is 19.1 Å². The van der Waals surface area contributed by atoms with Crippen LogP contribution in [-0.4, -0.2) is 58.8 Å². The monoisotopic (exact) mass is 638 g/mol. The van der Waals surface area contributed by atoms with Crippen LogP contribution >= 0.6 is 0 Å². The molecule has 7 heteroatoms. The third kappa shape index (κ3) is 31.9. The van der Waals surface area contributed by atoms with Crippen LogP contribution in [0.25, 0.3) is 0 Å². The summed E-state index contributed by atoms with van der Waals surface area (Å²) < 4.78 is 0.835. The Morgan fingerprint density at radius 3 is 1.13 bits per heavy atom. The zero-order valence-corrected chi connectivity index (χ0v) is 29.3. The number of nitrogens with zero attached hydrogens (tertiary/aromatic N) is 1. The van der Waals surface area contributed by atoms with Crippen molar-refractivity contribution >= 4 is 17.9 Å². The van der Waals surface area contributed by atoms with Crippen LogP contribution in [0.2, 0.25) is 0 Å². The molecule has 264 valence electrons. The fraction of sp³-hybridized carbons (Fsp3) is 0.868. The Bertz CT molecular complexity index is 683. The number of allylic oxidation sites excluding steroid dienone is 2.